The van der Waals surface area contributed by atoms with E-state index in [9.17, 15) is 9.90 Å². The van der Waals surface area contributed by atoms with Crippen LogP contribution in [0.2, 0.25) is 0 Å². The summed E-state index contributed by atoms with van der Waals surface area (Å²) in [5.74, 6) is 3.52. The molecular weight excluding hydrogens is 316 g/mol. The summed E-state index contributed by atoms with van der Waals surface area (Å²) in [6.07, 6.45) is 10.3. The Morgan fingerprint density at radius 1 is 1.20 bits per heavy atom. The summed E-state index contributed by atoms with van der Waals surface area (Å²) >= 11 is 0. The molecule has 0 spiro atoms. The highest BCUT2D eigenvalue weighted by Gasteiger charge is 2.38. The van der Waals surface area contributed by atoms with Crippen LogP contribution in [0.4, 0.5) is 0 Å². The Labute approximate surface area is 149 Å². The first-order valence-electron chi connectivity index (χ1n) is 9.91. The van der Waals surface area contributed by atoms with Crippen LogP contribution in [0.25, 0.3) is 0 Å². The number of carbonyl (C=O) groups is 1. The van der Waals surface area contributed by atoms with Gasteiger partial charge in [-0.15, -0.1) is 10.2 Å². The number of rotatable bonds is 5. The average Bonchev–Trinajstić information content (AvgIpc) is 3.28. The first-order valence-corrected chi connectivity index (χ1v) is 9.91. The Kier molecular flexibility index (Phi) is 4.80. The van der Waals surface area contributed by atoms with E-state index in [0.717, 1.165) is 36.9 Å². The molecule has 0 aliphatic heterocycles. The number of aryl methyl sites for hydroxylation is 1. The molecule has 4 rings (SSSR count). The Morgan fingerprint density at radius 2 is 1.88 bits per heavy atom. The molecule has 138 valence electrons. The van der Waals surface area contributed by atoms with Crippen molar-refractivity contribution in [1.29, 1.82) is 0 Å². The normalized spacial score (nSPS) is 35.7. The molecule has 3 aliphatic rings. The van der Waals surface area contributed by atoms with Crippen molar-refractivity contribution >= 4 is 5.91 Å². The van der Waals surface area contributed by atoms with Crippen LogP contribution in [0.5, 0.6) is 0 Å². The SMILES string of the molecule is Cn1cnnc1[C@H]1C[C@H](CNC(=O)C2CCC(C3CC3)CC2)[C@H](O)C1. The van der Waals surface area contributed by atoms with Gasteiger partial charge in [0.15, 0.2) is 0 Å². The molecule has 3 saturated carbocycles. The molecule has 1 heterocycles. The summed E-state index contributed by atoms with van der Waals surface area (Å²) in [5, 5.41) is 21.6. The standard InChI is InChI=1S/C19H30N4O2/c1-23-11-21-22-18(23)15-8-16(17(24)9-15)10-20-19(25)14-6-4-13(5-7-14)12-2-3-12/h11-17,24H,2-10H2,1H3,(H,20,25)/t13?,14?,15-,16+,17+/m0/s1. The highest BCUT2D eigenvalue weighted by Crippen LogP contribution is 2.45. The zero-order valence-electron chi connectivity index (χ0n) is 15.1. The molecule has 25 heavy (non-hydrogen) atoms. The first kappa shape index (κ1) is 17.0. The number of nitrogens with zero attached hydrogens (tertiary/aromatic N) is 3. The summed E-state index contributed by atoms with van der Waals surface area (Å²) in [5.41, 5.74) is 0. The third-order valence-electron chi connectivity index (χ3n) is 6.74. The minimum atomic E-state index is -0.368. The predicted molar refractivity (Wildman–Crippen MR) is 93.7 cm³/mol. The highest BCUT2D eigenvalue weighted by molar-refractivity contribution is 5.78. The number of carbonyl (C=O) groups excluding carboxylic acids is 1. The third kappa shape index (κ3) is 3.73. The van der Waals surface area contributed by atoms with E-state index in [0.29, 0.717) is 13.0 Å². The lowest BCUT2D eigenvalue weighted by atomic mass is 9.79. The molecule has 0 saturated heterocycles. The zero-order valence-corrected chi connectivity index (χ0v) is 15.1. The molecule has 3 atom stereocenters. The minimum absolute atomic E-state index is 0.119. The predicted octanol–water partition coefficient (Wildman–Crippen LogP) is 2.00. The number of hydrogen-bond acceptors (Lipinski definition) is 4. The van der Waals surface area contributed by atoms with Crippen LogP contribution in [-0.4, -0.2) is 38.4 Å². The molecule has 0 aromatic carbocycles. The fourth-order valence-electron chi connectivity index (χ4n) is 4.99. The van der Waals surface area contributed by atoms with Crippen molar-refractivity contribution in [2.24, 2.45) is 30.7 Å². The monoisotopic (exact) mass is 346 g/mol. The van der Waals surface area contributed by atoms with Crippen LogP contribution < -0.4 is 5.32 Å². The molecule has 0 bridgehead atoms. The van der Waals surface area contributed by atoms with Crippen molar-refractivity contribution in [2.45, 2.75) is 63.4 Å². The van der Waals surface area contributed by atoms with Crippen molar-refractivity contribution in [1.82, 2.24) is 20.1 Å². The number of hydrogen-bond donors (Lipinski definition) is 2. The zero-order chi connectivity index (χ0) is 17.4. The quantitative estimate of drug-likeness (QED) is 0.855. The summed E-state index contributed by atoms with van der Waals surface area (Å²) in [6, 6.07) is 0. The summed E-state index contributed by atoms with van der Waals surface area (Å²) in [7, 11) is 1.94. The van der Waals surface area contributed by atoms with E-state index in [1.165, 1.54) is 25.7 Å². The van der Waals surface area contributed by atoms with Gasteiger partial charge in [0.2, 0.25) is 5.91 Å². The fraction of sp³-hybridized carbons (Fsp3) is 0.842. The summed E-state index contributed by atoms with van der Waals surface area (Å²) in [4.78, 5) is 12.5. The molecular formula is C19H30N4O2. The second-order valence-electron chi connectivity index (χ2n) is 8.49. The first-order chi connectivity index (χ1) is 12.1. The summed E-state index contributed by atoms with van der Waals surface area (Å²) < 4.78 is 1.93. The maximum Gasteiger partial charge on any atom is 0.223 e. The highest BCUT2D eigenvalue weighted by atomic mass is 16.3. The largest absolute Gasteiger partial charge is 0.393 e. The molecule has 0 radical (unpaired) electrons. The fourth-order valence-corrected chi connectivity index (χ4v) is 4.99. The molecule has 3 aliphatic carbocycles. The number of aliphatic hydroxyl groups excluding tert-OH is 1. The Morgan fingerprint density at radius 3 is 2.48 bits per heavy atom. The smallest absolute Gasteiger partial charge is 0.223 e. The van der Waals surface area contributed by atoms with Gasteiger partial charge in [-0.3, -0.25) is 4.79 Å². The van der Waals surface area contributed by atoms with E-state index in [1.54, 1.807) is 6.33 Å². The van der Waals surface area contributed by atoms with Gasteiger partial charge in [0, 0.05) is 31.3 Å². The molecule has 1 aromatic rings. The van der Waals surface area contributed by atoms with Crippen molar-refractivity contribution in [3.63, 3.8) is 0 Å². The Balaban J connectivity index is 1.24. The van der Waals surface area contributed by atoms with Crippen LogP contribution in [0.3, 0.4) is 0 Å². The van der Waals surface area contributed by atoms with Crippen molar-refractivity contribution in [3.8, 4) is 0 Å². The van der Waals surface area contributed by atoms with Crippen molar-refractivity contribution < 1.29 is 9.90 Å². The van der Waals surface area contributed by atoms with Gasteiger partial charge in [0.05, 0.1) is 6.10 Å². The molecule has 6 nitrogen and oxygen atoms in total. The van der Waals surface area contributed by atoms with Gasteiger partial charge in [-0.05, 0) is 63.2 Å². The molecule has 1 amide bonds. The van der Waals surface area contributed by atoms with Crippen LogP contribution in [0.1, 0.15) is 63.1 Å². The number of aliphatic hydroxyl groups is 1. The second-order valence-corrected chi connectivity index (χ2v) is 8.49. The van der Waals surface area contributed by atoms with Crippen molar-refractivity contribution in [2.75, 3.05) is 6.54 Å². The topological polar surface area (TPSA) is 80.0 Å². The molecule has 6 heteroatoms. The lowest BCUT2D eigenvalue weighted by Crippen LogP contribution is -2.37. The summed E-state index contributed by atoms with van der Waals surface area (Å²) in [6.45, 7) is 0.580. The maximum absolute atomic E-state index is 12.5. The van der Waals surface area contributed by atoms with Gasteiger partial charge in [0.1, 0.15) is 12.2 Å². The third-order valence-corrected chi connectivity index (χ3v) is 6.74. The molecule has 2 N–H and O–H groups in total. The molecule has 3 fully saturated rings. The van der Waals surface area contributed by atoms with Crippen LogP contribution in [-0.2, 0) is 11.8 Å². The molecule has 0 unspecified atom stereocenters. The number of aromatic nitrogens is 3. The number of nitrogens with one attached hydrogen (secondary N) is 1. The maximum atomic E-state index is 12.5. The van der Waals surface area contributed by atoms with E-state index >= 15 is 0 Å². The molecule has 1 aromatic heterocycles. The van der Waals surface area contributed by atoms with E-state index in [4.69, 9.17) is 0 Å². The number of amides is 1. The van der Waals surface area contributed by atoms with Crippen molar-refractivity contribution in [3.05, 3.63) is 12.2 Å². The second kappa shape index (κ2) is 7.06. The van der Waals surface area contributed by atoms with Gasteiger partial charge in [-0.1, -0.05) is 0 Å². The minimum Gasteiger partial charge on any atom is -0.393 e. The van der Waals surface area contributed by atoms with E-state index < -0.39 is 0 Å². The van der Waals surface area contributed by atoms with Crippen LogP contribution >= 0.6 is 0 Å². The Hall–Kier alpha value is -1.43. The van der Waals surface area contributed by atoms with E-state index in [1.807, 2.05) is 11.6 Å². The average molecular weight is 346 g/mol. The van der Waals surface area contributed by atoms with Gasteiger partial charge < -0.3 is 15.0 Å². The lowest BCUT2D eigenvalue weighted by molar-refractivity contribution is -0.126. The van der Waals surface area contributed by atoms with Crippen LogP contribution in [0.15, 0.2) is 6.33 Å². The van der Waals surface area contributed by atoms with Gasteiger partial charge in [-0.25, -0.2) is 0 Å². The van der Waals surface area contributed by atoms with Gasteiger partial charge in [0.25, 0.3) is 0 Å². The lowest BCUT2D eigenvalue weighted by Gasteiger charge is -2.28. The van der Waals surface area contributed by atoms with E-state index in [2.05, 4.69) is 15.5 Å². The van der Waals surface area contributed by atoms with Crippen LogP contribution in [0, 0.1) is 23.7 Å². The Bertz CT molecular complexity index is 604. The van der Waals surface area contributed by atoms with Gasteiger partial charge >= 0.3 is 0 Å². The van der Waals surface area contributed by atoms with E-state index in [-0.39, 0.29) is 29.8 Å². The van der Waals surface area contributed by atoms with Gasteiger partial charge in [-0.2, -0.15) is 0 Å².